The number of nitrogens with two attached hydrogens (primary N) is 1. The molecule has 19 heavy (non-hydrogen) atoms. The summed E-state index contributed by atoms with van der Waals surface area (Å²) in [5.74, 6) is 0.756. The number of hydrogen-bond acceptors (Lipinski definition) is 3. The van der Waals surface area contributed by atoms with Gasteiger partial charge < -0.3 is 15.0 Å². The van der Waals surface area contributed by atoms with Gasteiger partial charge in [-0.3, -0.25) is 4.79 Å². The molecule has 1 aromatic heterocycles. The summed E-state index contributed by atoms with van der Waals surface area (Å²) in [6.45, 7) is 2.27. The molecule has 0 amide bonds. The van der Waals surface area contributed by atoms with Crippen molar-refractivity contribution in [3.8, 4) is 5.75 Å². The third kappa shape index (κ3) is 2.98. The van der Waals surface area contributed by atoms with Crippen LogP contribution in [0.1, 0.15) is 11.1 Å². The zero-order valence-corrected chi connectivity index (χ0v) is 12.4. The van der Waals surface area contributed by atoms with Crippen molar-refractivity contribution < 1.29 is 4.74 Å². The molecule has 1 aromatic carbocycles. The summed E-state index contributed by atoms with van der Waals surface area (Å²) < 4.78 is 7.70. The molecule has 0 aliphatic heterocycles. The lowest BCUT2D eigenvalue weighted by atomic mass is 10.2. The Morgan fingerprint density at radius 1 is 1.37 bits per heavy atom. The molecule has 0 saturated carbocycles. The molecule has 0 saturated heterocycles. The first kappa shape index (κ1) is 13.7. The Morgan fingerprint density at radius 2 is 2.11 bits per heavy atom. The molecule has 2 rings (SSSR count). The van der Waals surface area contributed by atoms with Crippen LogP contribution in [0.3, 0.4) is 0 Å². The number of pyridine rings is 1. The van der Waals surface area contributed by atoms with Gasteiger partial charge in [0.15, 0.2) is 0 Å². The summed E-state index contributed by atoms with van der Waals surface area (Å²) in [5.41, 5.74) is 8.14. The summed E-state index contributed by atoms with van der Waals surface area (Å²) in [6, 6.07) is 7.20. The van der Waals surface area contributed by atoms with Gasteiger partial charge in [-0.2, -0.15) is 0 Å². The van der Waals surface area contributed by atoms with Gasteiger partial charge in [-0.15, -0.1) is 0 Å². The van der Waals surface area contributed by atoms with Crippen LogP contribution in [0.15, 0.2) is 39.7 Å². The molecule has 0 radical (unpaired) electrons. The van der Waals surface area contributed by atoms with E-state index in [1.54, 1.807) is 23.9 Å². The Kier molecular flexibility index (Phi) is 3.95. The number of nitrogens with zero attached hydrogens (tertiary/aromatic N) is 1. The maximum Gasteiger partial charge on any atom is 0.251 e. The van der Waals surface area contributed by atoms with Gasteiger partial charge in [-0.05, 0) is 36.2 Å². The van der Waals surface area contributed by atoms with E-state index >= 15 is 0 Å². The fraction of sp³-hybridized carbons (Fsp3) is 0.214. The molecule has 0 atom stereocenters. The Bertz CT molecular complexity index is 665. The maximum atomic E-state index is 11.9. The van der Waals surface area contributed by atoms with Crippen molar-refractivity contribution in [1.82, 2.24) is 4.57 Å². The van der Waals surface area contributed by atoms with Crippen LogP contribution in [0, 0.1) is 6.92 Å². The van der Waals surface area contributed by atoms with Crippen molar-refractivity contribution in [3.05, 3.63) is 56.4 Å². The van der Waals surface area contributed by atoms with Crippen LogP contribution >= 0.6 is 15.9 Å². The smallest absolute Gasteiger partial charge is 0.251 e. The number of ether oxygens (including phenoxy) is 1. The molecule has 4 nitrogen and oxygen atoms in total. The molecule has 0 aliphatic carbocycles. The Labute approximate surface area is 119 Å². The largest absolute Gasteiger partial charge is 0.497 e. The van der Waals surface area contributed by atoms with Crippen molar-refractivity contribution in [2.45, 2.75) is 13.5 Å². The average molecular weight is 323 g/mol. The van der Waals surface area contributed by atoms with E-state index in [0.717, 1.165) is 21.3 Å². The first-order valence-corrected chi connectivity index (χ1v) is 6.59. The monoisotopic (exact) mass is 322 g/mol. The normalized spacial score (nSPS) is 10.5. The predicted molar refractivity (Wildman–Crippen MR) is 79.6 cm³/mol. The molecule has 0 bridgehead atoms. The zero-order valence-electron chi connectivity index (χ0n) is 10.8. The first-order chi connectivity index (χ1) is 9.01. The van der Waals surface area contributed by atoms with Crippen LogP contribution in [0.4, 0.5) is 5.69 Å². The minimum absolute atomic E-state index is 0.0681. The van der Waals surface area contributed by atoms with E-state index in [1.165, 1.54) is 0 Å². The van der Waals surface area contributed by atoms with Crippen LogP contribution in [0.5, 0.6) is 5.75 Å². The molecular weight excluding hydrogens is 308 g/mol. The Balaban J connectivity index is 2.41. The summed E-state index contributed by atoms with van der Waals surface area (Å²) in [7, 11) is 1.61. The summed E-state index contributed by atoms with van der Waals surface area (Å²) in [6.07, 6.45) is 1.67. The maximum absolute atomic E-state index is 11.9. The third-order valence-electron chi connectivity index (χ3n) is 2.97. The van der Waals surface area contributed by atoms with E-state index < -0.39 is 0 Å². The van der Waals surface area contributed by atoms with Crippen molar-refractivity contribution in [1.29, 1.82) is 0 Å². The van der Waals surface area contributed by atoms with Gasteiger partial charge in [0.1, 0.15) is 5.75 Å². The molecule has 1 heterocycles. The molecule has 5 heteroatoms. The van der Waals surface area contributed by atoms with Crippen LogP contribution in [0.2, 0.25) is 0 Å². The highest BCUT2D eigenvalue weighted by Gasteiger charge is 2.06. The summed E-state index contributed by atoms with van der Waals surface area (Å²) in [5, 5.41) is 0. The highest BCUT2D eigenvalue weighted by molar-refractivity contribution is 9.10. The fourth-order valence-corrected chi connectivity index (χ4v) is 2.16. The summed E-state index contributed by atoms with van der Waals surface area (Å²) in [4.78, 5) is 11.9. The molecule has 0 unspecified atom stereocenters. The number of aromatic nitrogens is 1. The molecule has 100 valence electrons. The second-order valence-electron chi connectivity index (χ2n) is 4.34. The van der Waals surface area contributed by atoms with Gasteiger partial charge >= 0.3 is 0 Å². The number of rotatable bonds is 3. The zero-order chi connectivity index (χ0) is 14.0. The second-order valence-corrected chi connectivity index (χ2v) is 5.19. The summed E-state index contributed by atoms with van der Waals surface area (Å²) >= 11 is 3.47. The van der Waals surface area contributed by atoms with E-state index in [-0.39, 0.29) is 5.56 Å². The van der Waals surface area contributed by atoms with Crippen molar-refractivity contribution in [2.24, 2.45) is 0 Å². The van der Waals surface area contributed by atoms with Crippen LogP contribution < -0.4 is 16.0 Å². The number of benzene rings is 1. The Morgan fingerprint density at radius 3 is 2.79 bits per heavy atom. The van der Waals surface area contributed by atoms with Gasteiger partial charge in [0.2, 0.25) is 0 Å². The van der Waals surface area contributed by atoms with Crippen LogP contribution in [-0.2, 0) is 6.54 Å². The van der Waals surface area contributed by atoms with E-state index in [4.69, 9.17) is 10.5 Å². The van der Waals surface area contributed by atoms with Crippen molar-refractivity contribution in [2.75, 3.05) is 12.8 Å². The minimum atomic E-state index is -0.0681. The lowest BCUT2D eigenvalue weighted by Gasteiger charge is -2.11. The minimum Gasteiger partial charge on any atom is -0.497 e. The van der Waals surface area contributed by atoms with Crippen LogP contribution in [0.25, 0.3) is 0 Å². The van der Waals surface area contributed by atoms with E-state index in [1.807, 2.05) is 25.1 Å². The second kappa shape index (κ2) is 5.48. The lowest BCUT2D eigenvalue weighted by Crippen LogP contribution is -2.20. The average Bonchev–Trinajstić information content (AvgIpc) is 2.38. The number of hydrogen-bond donors (Lipinski definition) is 1. The fourth-order valence-electron chi connectivity index (χ4n) is 1.79. The van der Waals surface area contributed by atoms with Crippen LogP contribution in [-0.4, -0.2) is 11.7 Å². The number of nitrogen functional groups attached to an aromatic ring is 1. The number of aryl methyl sites for hydroxylation is 1. The van der Waals surface area contributed by atoms with Crippen molar-refractivity contribution >= 4 is 21.6 Å². The van der Waals surface area contributed by atoms with E-state index in [9.17, 15) is 4.79 Å². The highest BCUT2D eigenvalue weighted by atomic mass is 79.9. The van der Waals surface area contributed by atoms with E-state index in [0.29, 0.717) is 12.2 Å². The predicted octanol–water partition coefficient (Wildman–Crippen LogP) is 2.56. The van der Waals surface area contributed by atoms with Gasteiger partial charge in [0, 0.05) is 16.7 Å². The quantitative estimate of drug-likeness (QED) is 0.944. The molecule has 2 aromatic rings. The molecule has 0 aliphatic rings. The molecular formula is C14H15BrN2O2. The molecule has 2 N–H and O–H groups in total. The van der Waals surface area contributed by atoms with E-state index in [2.05, 4.69) is 15.9 Å². The van der Waals surface area contributed by atoms with Gasteiger partial charge in [-0.25, -0.2) is 0 Å². The number of halogens is 1. The lowest BCUT2D eigenvalue weighted by molar-refractivity contribution is 0.414. The molecule has 0 fully saturated rings. The van der Waals surface area contributed by atoms with Gasteiger partial charge in [0.25, 0.3) is 5.56 Å². The highest BCUT2D eigenvalue weighted by Crippen LogP contribution is 2.23. The third-order valence-corrected chi connectivity index (χ3v) is 3.74. The number of methoxy groups -OCH3 is 1. The van der Waals surface area contributed by atoms with Gasteiger partial charge in [0.05, 0.1) is 19.3 Å². The standard InChI is InChI=1S/C14H15BrN2O2/c1-9-5-14(18)17(8-13(9)16)7-10-6-11(19-2)3-4-12(10)15/h3-6,8H,7,16H2,1-2H3. The first-order valence-electron chi connectivity index (χ1n) is 5.80. The van der Waals surface area contributed by atoms with Gasteiger partial charge in [-0.1, -0.05) is 15.9 Å². The molecule has 0 spiro atoms. The Hall–Kier alpha value is -1.75. The topological polar surface area (TPSA) is 57.2 Å². The van der Waals surface area contributed by atoms with Crippen molar-refractivity contribution in [3.63, 3.8) is 0 Å². The SMILES string of the molecule is COc1ccc(Br)c(Cn2cc(N)c(C)cc2=O)c1. The number of anilines is 1.